The van der Waals surface area contributed by atoms with Crippen LogP contribution in [0.3, 0.4) is 0 Å². The van der Waals surface area contributed by atoms with Gasteiger partial charge in [0.05, 0.1) is 0 Å². The van der Waals surface area contributed by atoms with E-state index in [4.69, 9.17) is 0 Å². The third-order valence-corrected chi connectivity index (χ3v) is 3.56. The molecule has 1 unspecified atom stereocenters. The molecule has 1 atom stereocenters. The van der Waals surface area contributed by atoms with Crippen LogP contribution in [0.25, 0.3) is 0 Å². The lowest BCUT2D eigenvalue weighted by molar-refractivity contribution is 0.137. The predicted octanol–water partition coefficient (Wildman–Crippen LogP) is 3.11. The van der Waals surface area contributed by atoms with E-state index in [0.717, 1.165) is 25.1 Å². The summed E-state index contributed by atoms with van der Waals surface area (Å²) in [5.74, 6) is 0.310. The quantitative estimate of drug-likeness (QED) is 0.805. The first-order valence-electron chi connectivity index (χ1n) is 6.80. The number of hydrogen-bond acceptors (Lipinski definition) is 1. The fourth-order valence-electron chi connectivity index (χ4n) is 2.58. The Labute approximate surface area is 114 Å². The standard InChI is InChI=1S/C15H21FN2O/c1-12-5-4-8-18(10-12)15(19)17(2)11-13-6-3-7-14(16)9-13/h3,6-7,9,12H,4-5,8,10-11H2,1-2H3. The molecule has 0 bridgehead atoms. The molecular formula is C15H21FN2O. The monoisotopic (exact) mass is 264 g/mol. The Hall–Kier alpha value is -1.58. The zero-order chi connectivity index (χ0) is 13.8. The molecule has 2 amide bonds. The second-order valence-corrected chi connectivity index (χ2v) is 5.46. The Bertz CT molecular complexity index is 450. The maximum atomic E-state index is 13.1. The first-order valence-corrected chi connectivity index (χ1v) is 6.80. The van der Waals surface area contributed by atoms with E-state index >= 15 is 0 Å². The van der Waals surface area contributed by atoms with Gasteiger partial charge in [0.2, 0.25) is 0 Å². The molecule has 1 aromatic carbocycles. The van der Waals surface area contributed by atoms with Crippen molar-refractivity contribution in [1.82, 2.24) is 9.80 Å². The van der Waals surface area contributed by atoms with Gasteiger partial charge in [-0.2, -0.15) is 0 Å². The van der Waals surface area contributed by atoms with Crippen LogP contribution >= 0.6 is 0 Å². The van der Waals surface area contributed by atoms with E-state index in [1.54, 1.807) is 18.0 Å². The van der Waals surface area contributed by atoms with Crippen LogP contribution in [0, 0.1) is 11.7 Å². The predicted molar refractivity (Wildman–Crippen MR) is 73.2 cm³/mol. The van der Waals surface area contributed by atoms with E-state index in [1.165, 1.54) is 18.6 Å². The summed E-state index contributed by atoms with van der Waals surface area (Å²) in [6.45, 7) is 4.27. The number of rotatable bonds is 2. The summed E-state index contributed by atoms with van der Waals surface area (Å²) in [5, 5.41) is 0. The Morgan fingerprint density at radius 2 is 2.32 bits per heavy atom. The van der Waals surface area contributed by atoms with Gasteiger partial charge in [0.25, 0.3) is 0 Å². The number of halogens is 1. The topological polar surface area (TPSA) is 23.6 Å². The van der Waals surface area contributed by atoms with Crippen LogP contribution < -0.4 is 0 Å². The molecule has 0 aliphatic carbocycles. The average Bonchev–Trinajstić information content (AvgIpc) is 2.38. The van der Waals surface area contributed by atoms with Crippen LogP contribution in [-0.4, -0.2) is 36.0 Å². The molecule has 0 N–H and O–H groups in total. The molecule has 0 aromatic heterocycles. The van der Waals surface area contributed by atoms with Gasteiger partial charge in [-0.05, 0) is 36.5 Å². The number of carbonyl (C=O) groups excluding carboxylic acids is 1. The van der Waals surface area contributed by atoms with Crippen LogP contribution in [0.2, 0.25) is 0 Å². The van der Waals surface area contributed by atoms with Crippen LogP contribution in [0.15, 0.2) is 24.3 Å². The van der Waals surface area contributed by atoms with Gasteiger partial charge in [-0.3, -0.25) is 0 Å². The summed E-state index contributed by atoms with van der Waals surface area (Å²) in [5.41, 5.74) is 0.820. The van der Waals surface area contributed by atoms with Gasteiger partial charge in [0, 0.05) is 26.7 Å². The minimum Gasteiger partial charge on any atom is -0.324 e. The largest absolute Gasteiger partial charge is 0.324 e. The maximum absolute atomic E-state index is 13.1. The first-order chi connectivity index (χ1) is 9.06. The van der Waals surface area contributed by atoms with Gasteiger partial charge in [-0.25, -0.2) is 9.18 Å². The van der Waals surface area contributed by atoms with Crippen molar-refractivity contribution in [3.63, 3.8) is 0 Å². The lowest BCUT2D eigenvalue weighted by Gasteiger charge is -2.34. The van der Waals surface area contributed by atoms with E-state index in [2.05, 4.69) is 6.92 Å². The molecule has 1 aliphatic rings. The highest BCUT2D eigenvalue weighted by Gasteiger charge is 2.23. The number of benzene rings is 1. The smallest absolute Gasteiger partial charge is 0.320 e. The molecule has 2 rings (SSSR count). The van der Waals surface area contributed by atoms with E-state index in [-0.39, 0.29) is 11.8 Å². The van der Waals surface area contributed by atoms with Crippen molar-refractivity contribution < 1.29 is 9.18 Å². The van der Waals surface area contributed by atoms with Gasteiger partial charge in [-0.15, -0.1) is 0 Å². The Balaban J connectivity index is 1.95. The molecule has 0 spiro atoms. The highest BCUT2D eigenvalue weighted by Crippen LogP contribution is 2.17. The second-order valence-electron chi connectivity index (χ2n) is 5.46. The Morgan fingerprint density at radius 3 is 3.00 bits per heavy atom. The summed E-state index contributed by atoms with van der Waals surface area (Å²) in [6.07, 6.45) is 2.26. The van der Waals surface area contributed by atoms with E-state index < -0.39 is 0 Å². The lowest BCUT2D eigenvalue weighted by Crippen LogP contribution is -2.45. The normalized spacial score (nSPS) is 19.3. The highest BCUT2D eigenvalue weighted by atomic mass is 19.1. The summed E-state index contributed by atoms with van der Waals surface area (Å²) in [6, 6.07) is 6.44. The molecule has 1 aliphatic heterocycles. The van der Waals surface area contributed by atoms with Gasteiger partial charge >= 0.3 is 6.03 Å². The number of amides is 2. The summed E-state index contributed by atoms with van der Waals surface area (Å²) >= 11 is 0. The second kappa shape index (κ2) is 6.04. The highest BCUT2D eigenvalue weighted by molar-refractivity contribution is 5.74. The van der Waals surface area contributed by atoms with E-state index in [0.29, 0.717) is 12.5 Å². The van der Waals surface area contributed by atoms with Crippen LogP contribution in [0.5, 0.6) is 0 Å². The molecule has 1 aromatic rings. The molecule has 0 radical (unpaired) electrons. The van der Waals surface area contributed by atoms with Crippen molar-refractivity contribution in [1.29, 1.82) is 0 Å². The molecule has 1 fully saturated rings. The fourth-order valence-corrected chi connectivity index (χ4v) is 2.58. The van der Waals surface area contributed by atoms with Gasteiger partial charge in [0.15, 0.2) is 0 Å². The summed E-state index contributed by atoms with van der Waals surface area (Å²) in [4.78, 5) is 15.8. The van der Waals surface area contributed by atoms with Crippen LogP contribution in [0.4, 0.5) is 9.18 Å². The molecular weight excluding hydrogens is 243 g/mol. The molecule has 4 heteroatoms. The van der Waals surface area contributed by atoms with E-state index in [9.17, 15) is 9.18 Å². The molecule has 1 saturated heterocycles. The summed E-state index contributed by atoms with van der Waals surface area (Å²) in [7, 11) is 1.77. The number of likely N-dealkylation sites (tertiary alicyclic amines) is 1. The summed E-state index contributed by atoms with van der Waals surface area (Å²) < 4.78 is 13.1. The number of hydrogen-bond donors (Lipinski definition) is 0. The van der Waals surface area contributed by atoms with Gasteiger partial charge in [0.1, 0.15) is 5.82 Å². The average molecular weight is 264 g/mol. The molecule has 3 nitrogen and oxygen atoms in total. The number of piperidine rings is 1. The van der Waals surface area contributed by atoms with Crippen LogP contribution in [-0.2, 0) is 6.54 Å². The Kier molecular flexibility index (Phi) is 4.40. The zero-order valence-corrected chi connectivity index (χ0v) is 11.6. The molecule has 104 valence electrons. The van der Waals surface area contributed by atoms with Crippen LogP contribution in [0.1, 0.15) is 25.3 Å². The lowest BCUT2D eigenvalue weighted by atomic mass is 10.0. The van der Waals surface area contributed by atoms with Gasteiger partial charge in [-0.1, -0.05) is 19.1 Å². The van der Waals surface area contributed by atoms with Crippen molar-refractivity contribution in [3.8, 4) is 0 Å². The van der Waals surface area contributed by atoms with Crippen molar-refractivity contribution in [2.24, 2.45) is 5.92 Å². The minimum atomic E-state index is -0.259. The third-order valence-electron chi connectivity index (χ3n) is 3.56. The van der Waals surface area contributed by atoms with Crippen molar-refractivity contribution >= 4 is 6.03 Å². The van der Waals surface area contributed by atoms with Crippen molar-refractivity contribution in [2.45, 2.75) is 26.3 Å². The maximum Gasteiger partial charge on any atom is 0.320 e. The number of nitrogens with zero attached hydrogens (tertiary/aromatic N) is 2. The number of urea groups is 1. The number of carbonyl (C=O) groups is 1. The molecule has 19 heavy (non-hydrogen) atoms. The Morgan fingerprint density at radius 1 is 1.53 bits per heavy atom. The zero-order valence-electron chi connectivity index (χ0n) is 11.6. The van der Waals surface area contributed by atoms with Crippen molar-refractivity contribution in [3.05, 3.63) is 35.6 Å². The third kappa shape index (κ3) is 3.69. The fraction of sp³-hybridized carbons (Fsp3) is 0.533. The molecule has 1 heterocycles. The first kappa shape index (κ1) is 13.8. The minimum absolute atomic E-state index is 0.0378. The van der Waals surface area contributed by atoms with E-state index in [1.807, 2.05) is 11.0 Å². The SMILES string of the molecule is CC1CCCN(C(=O)N(C)Cc2cccc(F)c2)C1. The van der Waals surface area contributed by atoms with Crippen molar-refractivity contribution in [2.75, 3.05) is 20.1 Å². The van der Waals surface area contributed by atoms with Gasteiger partial charge < -0.3 is 9.80 Å². The molecule has 0 saturated carbocycles.